The number of allylic oxidation sites excluding steroid dienone is 1. The second kappa shape index (κ2) is 9.01. The smallest absolute Gasteiger partial charge is 0.242 e. The molecule has 0 aliphatic rings. The third-order valence-corrected chi connectivity index (χ3v) is 3.94. The molecule has 0 spiro atoms. The lowest BCUT2D eigenvalue weighted by Gasteiger charge is -2.18. The third kappa shape index (κ3) is 8.21. The summed E-state index contributed by atoms with van der Waals surface area (Å²) in [6.45, 7) is 8.88. The third-order valence-electron chi connectivity index (χ3n) is 3.09. The van der Waals surface area contributed by atoms with Crippen LogP contribution in [0.15, 0.2) is 30.3 Å². The molecule has 0 saturated carbocycles. The highest BCUT2D eigenvalue weighted by molar-refractivity contribution is 6.70. The number of hydrogen-bond donors (Lipinski definition) is 0. The molecule has 0 aliphatic heterocycles. The van der Waals surface area contributed by atoms with Crippen LogP contribution in [-0.2, 0) is 0 Å². The standard InChI is InChI=1S/C18H30OSi/c1-5-6-7-8-9-10-11-12-17-13-15-18(16-14-17)19-20(2,3)4/h11-16H,5-10H2,1-4H3/b12-11+. The molecule has 1 rings (SSSR count). The van der Waals surface area contributed by atoms with E-state index in [0.29, 0.717) is 0 Å². The van der Waals surface area contributed by atoms with E-state index in [0.717, 1.165) is 5.75 Å². The molecule has 0 aliphatic carbocycles. The first-order valence-electron chi connectivity index (χ1n) is 7.97. The van der Waals surface area contributed by atoms with Crippen molar-refractivity contribution < 1.29 is 4.43 Å². The molecule has 2 heteroatoms. The molecule has 0 amide bonds. The average molecular weight is 291 g/mol. The van der Waals surface area contributed by atoms with Crippen molar-refractivity contribution in [1.29, 1.82) is 0 Å². The summed E-state index contributed by atoms with van der Waals surface area (Å²) in [5.41, 5.74) is 1.27. The molecule has 20 heavy (non-hydrogen) atoms. The summed E-state index contributed by atoms with van der Waals surface area (Å²) in [4.78, 5) is 0. The van der Waals surface area contributed by atoms with E-state index < -0.39 is 8.32 Å². The van der Waals surface area contributed by atoms with Gasteiger partial charge in [0.2, 0.25) is 8.32 Å². The van der Waals surface area contributed by atoms with Crippen molar-refractivity contribution in [2.75, 3.05) is 0 Å². The first-order chi connectivity index (χ1) is 9.51. The minimum absolute atomic E-state index is 1.00. The lowest BCUT2D eigenvalue weighted by molar-refractivity contribution is 0.557. The van der Waals surface area contributed by atoms with Crippen LogP contribution in [0.1, 0.15) is 51.0 Å². The van der Waals surface area contributed by atoms with Crippen LogP contribution >= 0.6 is 0 Å². The van der Waals surface area contributed by atoms with Crippen molar-refractivity contribution in [3.05, 3.63) is 35.9 Å². The summed E-state index contributed by atoms with van der Waals surface area (Å²) in [5, 5.41) is 0. The highest BCUT2D eigenvalue weighted by atomic mass is 28.4. The Labute approximate surface area is 126 Å². The Morgan fingerprint density at radius 3 is 2.20 bits per heavy atom. The molecule has 1 aromatic rings. The number of benzene rings is 1. The minimum atomic E-state index is -1.48. The molecule has 0 unspecified atom stereocenters. The molecule has 0 bridgehead atoms. The van der Waals surface area contributed by atoms with Gasteiger partial charge < -0.3 is 4.43 Å². The summed E-state index contributed by atoms with van der Waals surface area (Å²) < 4.78 is 5.95. The van der Waals surface area contributed by atoms with E-state index in [1.807, 2.05) is 0 Å². The van der Waals surface area contributed by atoms with E-state index in [2.05, 4.69) is 63.0 Å². The average Bonchev–Trinajstić information content (AvgIpc) is 2.38. The zero-order valence-electron chi connectivity index (χ0n) is 13.6. The van der Waals surface area contributed by atoms with Gasteiger partial charge in [0.1, 0.15) is 5.75 Å². The molecule has 0 fully saturated rings. The topological polar surface area (TPSA) is 9.23 Å². The van der Waals surface area contributed by atoms with Crippen LogP contribution in [0.25, 0.3) is 6.08 Å². The van der Waals surface area contributed by atoms with Gasteiger partial charge in [0.15, 0.2) is 0 Å². The molecule has 0 radical (unpaired) electrons. The van der Waals surface area contributed by atoms with Gasteiger partial charge in [0.25, 0.3) is 0 Å². The maximum Gasteiger partial charge on any atom is 0.242 e. The van der Waals surface area contributed by atoms with Gasteiger partial charge in [-0.05, 0) is 50.2 Å². The Bertz CT molecular complexity index is 387. The molecule has 0 aromatic heterocycles. The zero-order valence-corrected chi connectivity index (χ0v) is 14.6. The van der Waals surface area contributed by atoms with E-state index in [-0.39, 0.29) is 0 Å². The highest BCUT2D eigenvalue weighted by Crippen LogP contribution is 2.17. The molecule has 1 aromatic carbocycles. The van der Waals surface area contributed by atoms with Crippen LogP contribution in [0.5, 0.6) is 5.75 Å². The summed E-state index contributed by atoms with van der Waals surface area (Å²) >= 11 is 0. The largest absolute Gasteiger partial charge is 0.544 e. The van der Waals surface area contributed by atoms with Gasteiger partial charge in [-0.1, -0.05) is 56.9 Å². The maximum absolute atomic E-state index is 5.95. The van der Waals surface area contributed by atoms with Gasteiger partial charge >= 0.3 is 0 Å². The Balaban J connectivity index is 2.30. The lowest BCUT2D eigenvalue weighted by atomic mass is 10.1. The predicted molar refractivity (Wildman–Crippen MR) is 92.8 cm³/mol. The molecule has 1 nitrogen and oxygen atoms in total. The maximum atomic E-state index is 5.95. The van der Waals surface area contributed by atoms with Gasteiger partial charge in [-0.25, -0.2) is 0 Å². The van der Waals surface area contributed by atoms with Gasteiger partial charge in [-0.2, -0.15) is 0 Å². The minimum Gasteiger partial charge on any atom is -0.544 e. The van der Waals surface area contributed by atoms with Gasteiger partial charge in [-0.15, -0.1) is 0 Å². The number of hydrogen-bond acceptors (Lipinski definition) is 1. The van der Waals surface area contributed by atoms with Gasteiger partial charge in [0.05, 0.1) is 0 Å². The van der Waals surface area contributed by atoms with E-state index in [1.54, 1.807) is 0 Å². The number of unbranched alkanes of at least 4 members (excludes halogenated alkanes) is 5. The Morgan fingerprint density at radius 1 is 0.950 bits per heavy atom. The van der Waals surface area contributed by atoms with E-state index in [4.69, 9.17) is 4.43 Å². The monoisotopic (exact) mass is 290 g/mol. The van der Waals surface area contributed by atoms with Crippen LogP contribution in [0, 0.1) is 0 Å². The predicted octanol–water partition coefficient (Wildman–Crippen LogP) is 6.27. The van der Waals surface area contributed by atoms with Crippen molar-refractivity contribution in [1.82, 2.24) is 0 Å². The first kappa shape index (κ1) is 17.0. The van der Waals surface area contributed by atoms with Crippen LogP contribution in [0.4, 0.5) is 0 Å². The first-order valence-corrected chi connectivity index (χ1v) is 11.4. The Morgan fingerprint density at radius 2 is 1.60 bits per heavy atom. The van der Waals surface area contributed by atoms with Crippen molar-refractivity contribution in [2.45, 2.75) is 65.1 Å². The van der Waals surface area contributed by atoms with Crippen LogP contribution in [0.2, 0.25) is 19.6 Å². The summed E-state index contributed by atoms with van der Waals surface area (Å²) in [5.74, 6) is 1.00. The zero-order chi connectivity index (χ0) is 14.8. The second-order valence-electron chi connectivity index (χ2n) is 6.39. The lowest BCUT2D eigenvalue weighted by Crippen LogP contribution is -2.29. The molecule has 112 valence electrons. The summed E-state index contributed by atoms with van der Waals surface area (Å²) in [7, 11) is -1.48. The van der Waals surface area contributed by atoms with E-state index in [1.165, 1.54) is 44.1 Å². The molecule has 0 heterocycles. The fourth-order valence-corrected chi connectivity index (χ4v) is 2.93. The summed E-state index contributed by atoms with van der Waals surface area (Å²) in [6.07, 6.45) is 12.5. The fourth-order valence-electron chi connectivity index (χ4n) is 2.09. The van der Waals surface area contributed by atoms with Crippen molar-refractivity contribution in [3.63, 3.8) is 0 Å². The highest BCUT2D eigenvalue weighted by Gasteiger charge is 2.15. The Hall–Kier alpha value is -1.02. The molecular weight excluding hydrogens is 260 g/mol. The molecule has 0 saturated heterocycles. The SMILES string of the molecule is CCCCCCC/C=C/c1ccc(O[Si](C)(C)C)cc1. The van der Waals surface area contributed by atoms with E-state index >= 15 is 0 Å². The van der Waals surface area contributed by atoms with Crippen LogP contribution < -0.4 is 4.43 Å². The fraction of sp³-hybridized carbons (Fsp3) is 0.556. The van der Waals surface area contributed by atoms with E-state index in [9.17, 15) is 0 Å². The second-order valence-corrected chi connectivity index (χ2v) is 10.8. The van der Waals surface area contributed by atoms with Crippen molar-refractivity contribution in [3.8, 4) is 5.75 Å². The van der Waals surface area contributed by atoms with Crippen LogP contribution in [0.3, 0.4) is 0 Å². The normalized spacial score (nSPS) is 12.0. The van der Waals surface area contributed by atoms with Crippen molar-refractivity contribution in [2.24, 2.45) is 0 Å². The molecule has 0 N–H and O–H groups in total. The quantitative estimate of drug-likeness (QED) is 0.384. The van der Waals surface area contributed by atoms with Crippen molar-refractivity contribution >= 4 is 14.4 Å². The molecule has 0 atom stereocenters. The Kier molecular flexibility index (Phi) is 7.67. The molecular formula is C18H30OSi. The van der Waals surface area contributed by atoms with Gasteiger partial charge in [-0.3, -0.25) is 0 Å². The van der Waals surface area contributed by atoms with Crippen LogP contribution in [-0.4, -0.2) is 8.32 Å². The number of rotatable bonds is 9. The summed E-state index contributed by atoms with van der Waals surface area (Å²) in [6, 6.07) is 8.45. The van der Waals surface area contributed by atoms with Gasteiger partial charge in [0, 0.05) is 0 Å².